The summed E-state index contributed by atoms with van der Waals surface area (Å²) in [6, 6.07) is 11.3. The largest absolute Gasteiger partial charge is 0.490 e. The minimum absolute atomic E-state index is 0.0465. The Kier molecular flexibility index (Phi) is 5.71. The Bertz CT molecular complexity index is 861. The second-order valence-electron chi connectivity index (χ2n) is 6.12. The summed E-state index contributed by atoms with van der Waals surface area (Å²) >= 11 is 0. The molecule has 1 aliphatic heterocycles. The Morgan fingerprint density at radius 2 is 1.56 bits per heavy atom. The van der Waals surface area contributed by atoms with Gasteiger partial charge < -0.3 is 20.5 Å². The van der Waals surface area contributed by atoms with Gasteiger partial charge in [-0.3, -0.25) is 14.4 Å². The van der Waals surface area contributed by atoms with Crippen molar-refractivity contribution >= 4 is 23.3 Å². The van der Waals surface area contributed by atoms with Crippen LogP contribution in [0.15, 0.2) is 42.5 Å². The van der Waals surface area contributed by atoms with Gasteiger partial charge in [-0.2, -0.15) is 0 Å². The molecular formula is C20H20N2O5. The van der Waals surface area contributed by atoms with Gasteiger partial charge in [0.25, 0.3) is 0 Å². The molecule has 0 aliphatic carbocycles. The van der Waals surface area contributed by atoms with Crippen molar-refractivity contribution < 1.29 is 23.9 Å². The van der Waals surface area contributed by atoms with E-state index in [1.165, 1.54) is 12.1 Å². The van der Waals surface area contributed by atoms with Crippen molar-refractivity contribution in [1.82, 2.24) is 0 Å². The van der Waals surface area contributed by atoms with E-state index in [0.29, 0.717) is 41.5 Å². The maximum atomic E-state index is 12.4. The molecule has 7 heteroatoms. The summed E-state index contributed by atoms with van der Waals surface area (Å²) in [5, 5.41) is 2.69. The van der Waals surface area contributed by atoms with Crippen LogP contribution < -0.4 is 20.5 Å². The van der Waals surface area contributed by atoms with Crippen molar-refractivity contribution in [3.8, 4) is 11.5 Å². The van der Waals surface area contributed by atoms with Crippen molar-refractivity contribution in [3.05, 3.63) is 53.6 Å². The number of benzene rings is 2. The van der Waals surface area contributed by atoms with Crippen molar-refractivity contribution in [3.63, 3.8) is 0 Å². The molecule has 0 radical (unpaired) electrons. The second-order valence-corrected chi connectivity index (χ2v) is 6.12. The third kappa shape index (κ3) is 4.84. The highest BCUT2D eigenvalue weighted by Gasteiger charge is 2.15. The maximum absolute atomic E-state index is 12.4. The Morgan fingerprint density at radius 3 is 2.26 bits per heavy atom. The minimum Gasteiger partial charge on any atom is -0.490 e. The average Bonchev–Trinajstić information content (AvgIpc) is 2.91. The SMILES string of the molecule is NC(=O)c1ccc(NC(=O)CCC(=O)c2ccc3c(c2)OCCCO3)cc1. The number of hydrogen-bond donors (Lipinski definition) is 2. The number of hydrogen-bond acceptors (Lipinski definition) is 5. The first-order valence-electron chi connectivity index (χ1n) is 8.65. The topological polar surface area (TPSA) is 108 Å². The molecule has 0 atom stereocenters. The van der Waals surface area contributed by atoms with Gasteiger partial charge in [-0.15, -0.1) is 0 Å². The molecule has 27 heavy (non-hydrogen) atoms. The number of amides is 2. The van der Waals surface area contributed by atoms with Gasteiger partial charge >= 0.3 is 0 Å². The number of carbonyl (C=O) groups is 3. The lowest BCUT2D eigenvalue weighted by atomic mass is 10.1. The highest BCUT2D eigenvalue weighted by Crippen LogP contribution is 2.30. The highest BCUT2D eigenvalue weighted by molar-refractivity contribution is 6.00. The van der Waals surface area contributed by atoms with Crippen LogP contribution >= 0.6 is 0 Å². The summed E-state index contributed by atoms with van der Waals surface area (Å²) in [6.45, 7) is 1.13. The first kappa shape index (κ1) is 18.4. The fourth-order valence-electron chi connectivity index (χ4n) is 2.65. The predicted molar refractivity (Wildman–Crippen MR) is 99.2 cm³/mol. The van der Waals surface area contributed by atoms with E-state index in [2.05, 4.69) is 5.32 Å². The highest BCUT2D eigenvalue weighted by atomic mass is 16.5. The number of ether oxygens (including phenoxy) is 2. The fourth-order valence-corrected chi connectivity index (χ4v) is 2.65. The maximum Gasteiger partial charge on any atom is 0.248 e. The number of Topliss-reactive ketones (excluding diaryl/α,β-unsaturated/α-hetero) is 1. The van der Waals surface area contributed by atoms with Gasteiger partial charge in [0, 0.05) is 36.1 Å². The number of nitrogens with two attached hydrogens (primary N) is 1. The minimum atomic E-state index is -0.534. The van der Waals surface area contributed by atoms with Crippen LogP contribution in [0.5, 0.6) is 11.5 Å². The molecule has 0 unspecified atom stereocenters. The van der Waals surface area contributed by atoms with Gasteiger partial charge in [0.05, 0.1) is 13.2 Å². The summed E-state index contributed by atoms with van der Waals surface area (Å²) in [5.41, 5.74) is 6.55. The van der Waals surface area contributed by atoms with Gasteiger partial charge in [0.1, 0.15) is 0 Å². The number of rotatable bonds is 6. The Morgan fingerprint density at radius 1 is 0.889 bits per heavy atom. The van der Waals surface area contributed by atoms with E-state index >= 15 is 0 Å². The molecule has 2 aromatic carbocycles. The second kappa shape index (κ2) is 8.35. The lowest BCUT2D eigenvalue weighted by Crippen LogP contribution is -2.14. The first-order valence-corrected chi connectivity index (χ1v) is 8.65. The summed E-state index contributed by atoms with van der Waals surface area (Å²) < 4.78 is 11.1. The number of nitrogens with one attached hydrogen (secondary N) is 1. The van der Waals surface area contributed by atoms with Gasteiger partial charge in [0.15, 0.2) is 17.3 Å². The van der Waals surface area contributed by atoms with Crippen LogP contribution in [-0.2, 0) is 4.79 Å². The molecule has 0 saturated carbocycles. The first-order chi connectivity index (χ1) is 13.0. The van der Waals surface area contributed by atoms with Gasteiger partial charge in [-0.05, 0) is 42.5 Å². The van der Waals surface area contributed by atoms with E-state index in [1.807, 2.05) is 0 Å². The van der Waals surface area contributed by atoms with E-state index in [9.17, 15) is 14.4 Å². The van der Waals surface area contributed by atoms with E-state index < -0.39 is 5.91 Å². The zero-order valence-corrected chi connectivity index (χ0v) is 14.7. The number of carbonyl (C=O) groups excluding carboxylic acids is 3. The molecule has 0 bridgehead atoms. The van der Waals surface area contributed by atoms with Crippen LogP contribution in [0.3, 0.4) is 0 Å². The molecule has 0 fully saturated rings. The molecule has 1 heterocycles. The Balaban J connectivity index is 1.54. The van der Waals surface area contributed by atoms with Crippen LogP contribution in [0.25, 0.3) is 0 Å². The zero-order valence-electron chi connectivity index (χ0n) is 14.7. The van der Waals surface area contributed by atoms with Gasteiger partial charge in [-0.25, -0.2) is 0 Å². The summed E-state index contributed by atoms with van der Waals surface area (Å²) in [5.74, 6) is 0.210. The van der Waals surface area contributed by atoms with Gasteiger partial charge in [-0.1, -0.05) is 0 Å². The van der Waals surface area contributed by atoms with Crippen LogP contribution in [0.1, 0.15) is 40.0 Å². The van der Waals surface area contributed by atoms with Gasteiger partial charge in [0.2, 0.25) is 11.8 Å². The summed E-state index contributed by atoms with van der Waals surface area (Å²) in [6.07, 6.45) is 0.911. The van der Waals surface area contributed by atoms with Crippen LogP contribution in [0, 0.1) is 0 Å². The van der Waals surface area contributed by atoms with Crippen molar-refractivity contribution in [1.29, 1.82) is 0 Å². The number of ketones is 1. The fraction of sp³-hybridized carbons (Fsp3) is 0.250. The van der Waals surface area contributed by atoms with Crippen molar-refractivity contribution in [2.45, 2.75) is 19.3 Å². The van der Waals surface area contributed by atoms with E-state index in [4.69, 9.17) is 15.2 Å². The average molecular weight is 368 g/mol. The normalized spacial score (nSPS) is 12.7. The molecule has 2 amide bonds. The molecule has 0 aromatic heterocycles. The van der Waals surface area contributed by atoms with Crippen molar-refractivity contribution in [2.75, 3.05) is 18.5 Å². The van der Waals surface area contributed by atoms with Crippen molar-refractivity contribution in [2.24, 2.45) is 5.73 Å². The molecule has 140 valence electrons. The Labute approximate surface area is 156 Å². The van der Waals surface area contributed by atoms with Crippen LogP contribution in [-0.4, -0.2) is 30.8 Å². The smallest absolute Gasteiger partial charge is 0.248 e. The molecular weight excluding hydrogens is 348 g/mol. The molecule has 3 rings (SSSR count). The summed E-state index contributed by atoms with van der Waals surface area (Å²) in [4.78, 5) is 35.4. The molecule has 7 nitrogen and oxygen atoms in total. The predicted octanol–water partition coefficient (Wildman–Crippen LogP) is 2.55. The number of anilines is 1. The number of fused-ring (bicyclic) bond motifs is 1. The standard InChI is InChI=1S/C20H20N2O5/c21-20(25)13-2-5-15(6-3-13)22-19(24)9-7-16(23)14-4-8-17-18(12-14)27-11-1-10-26-17/h2-6,8,12H,1,7,9-11H2,(H2,21,25)(H,22,24). The molecule has 0 spiro atoms. The van der Waals surface area contributed by atoms with Crippen LogP contribution in [0.2, 0.25) is 0 Å². The third-order valence-electron chi connectivity index (χ3n) is 4.10. The van der Waals surface area contributed by atoms with Crippen LogP contribution in [0.4, 0.5) is 5.69 Å². The third-order valence-corrected chi connectivity index (χ3v) is 4.10. The van der Waals surface area contributed by atoms with E-state index in [-0.39, 0.29) is 24.5 Å². The summed E-state index contributed by atoms with van der Waals surface area (Å²) in [7, 11) is 0. The number of primary amides is 1. The molecule has 1 aliphatic rings. The van der Waals surface area contributed by atoms with E-state index in [0.717, 1.165) is 6.42 Å². The quantitative estimate of drug-likeness (QED) is 0.762. The molecule has 2 aromatic rings. The molecule has 0 saturated heterocycles. The Hall–Kier alpha value is -3.35. The lowest BCUT2D eigenvalue weighted by Gasteiger charge is -2.09. The zero-order chi connectivity index (χ0) is 19.2. The van der Waals surface area contributed by atoms with E-state index in [1.54, 1.807) is 30.3 Å². The lowest BCUT2D eigenvalue weighted by molar-refractivity contribution is -0.116. The molecule has 3 N–H and O–H groups in total. The monoisotopic (exact) mass is 368 g/mol.